The van der Waals surface area contributed by atoms with Gasteiger partial charge in [0.05, 0.1) is 17.9 Å². The molecule has 1 amide bonds. The topological polar surface area (TPSA) is 79.2 Å². The first-order valence-corrected chi connectivity index (χ1v) is 8.22. The Morgan fingerprint density at radius 2 is 2.17 bits per heavy atom. The summed E-state index contributed by atoms with van der Waals surface area (Å²) in [4.78, 5) is 27.4. The van der Waals surface area contributed by atoms with Gasteiger partial charge in [-0.15, -0.1) is 0 Å². The molecule has 1 unspecified atom stereocenters. The first-order chi connectivity index (χ1) is 11.6. The summed E-state index contributed by atoms with van der Waals surface area (Å²) >= 11 is 0. The molecule has 3 rings (SSSR count). The number of aliphatic hydroxyl groups is 1. The van der Waals surface area contributed by atoms with E-state index in [1.54, 1.807) is 18.6 Å². The molecule has 24 heavy (non-hydrogen) atoms. The Hall–Kier alpha value is -2.34. The number of carbonyl (C=O) groups is 1. The van der Waals surface area contributed by atoms with E-state index < -0.39 is 0 Å². The molecule has 3 heterocycles. The second-order valence-corrected chi connectivity index (χ2v) is 6.33. The molecule has 1 fully saturated rings. The van der Waals surface area contributed by atoms with Crippen molar-refractivity contribution in [3.63, 3.8) is 0 Å². The molecule has 6 heteroatoms. The third kappa shape index (κ3) is 3.43. The Balaban J connectivity index is 1.82. The van der Waals surface area contributed by atoms with Crippen LogP contribution in [0.25, 0.3) is 0 Å². The Labute approximate surface area is 141 Å². The van der Waals surface area contributed by atoms with Crippen LogP contribution in [0.15, 0.2) is 24.7 Å². The number of pyridine rings is 1. The van der Waals surface area contributed by atoms with Crippen molar-refractivity contribution in [1.82, 2.24) is 19.9 Å². The molecule has 0 aliphatic carbocycles. The number of aliphatic hydroxyl groups excluding tert-OH is 1. The molecule has 1 saturated heterocycles. The van der Waals surface area contributed by atoms with Crippen LogP contribution in [0.3, 0.4) is 0 Å². The van der Waals surface area contributed by atoms with Gasteiger partial charge in [0, 0.05) is 43.2 Å². The zero-order valence-electron chi connectivity index (χ0n) is 14.1. The van der Waals surface area contributed by atoms with E-state index in [-0.39, 0.29) is 18.4 Å². The Morgan fingerprint density at radius 3 is 2.92 bits per heavy atom. The Morgan fingerprint density at radius 1 is 1.33 bits per heavy atom. The van der Waals surface area contributed by atoms with Crippen molar-refractivity contribution in [1.29, 1.82) is 0 Å². The van der Waals surface area contributed by atoms with Gasteiger partial charge in [-0.25, -0.2) is 9.97 Å². The monoisotopic (exact) mass is 326 g/mol. The maximum atomic E-state index is 12.8. The predicted molar refractivity (Wildman–Crippen MR) is 89.5 cm³/mol. The van der Waals surface area contributed by atoms with Gasteiger partial charge in [-0.1, -0.05) is 0 Å². The van der Waals surface area contributed by atoms with Gasteiger partial charge >= 0.3 is 0 Å². The van der Waals surface area contributed by atoms with E-state index in [9.17, 15) is 9.90 Å². The van der Waals surface area contributed by atoms with Gasteiger partial charge in [-0.05, 0) is 38.3 Å². The van der Waals surface area contributed by atoms with Crippen molar-refractivity contribution in [2.75, 3.05) is 13.1 Å². The van der Waals surface area contributed by atoms with E-state index in [1.165, 1.54) is 0 Å². The quantitative estimate of drug-likeness (QED) is 0.933. The van der Waals surface area contributed by atoms with Crippen LogP contribution in [0.1, 0.15) is 51.8 Å². The zero-order valence-corrected chi connectivity index (χ0v) is 14.1. The van der Waals surface area contributed by atoms with Crippen LogP contribution in [-0.2, 0) is 6.61 Å². The lowest BCUT2D eigenvalue weighted by Gasteiger charge is -2.33. The summed E-state index contributed by atoms with van der Waals surface area (Å²) in [6.07, 6.45) is 6.92. The summed E-state index contributed by atoms with van der Waals surface area (Å²) in [5, 5.41) is 9.55. The molecule has 1 aliphatic heterocycles. The number of rotatable bonds is 3. The summed E-state index contributed by atoms with van der Waals surface area (Å²) in [6.45, 7) is 5.04. The molecule has 126 valence electrons. The fraction of sp³-hybridized carbons (Fsp3) is 0.444. The number of aryl methyl sites for hydroxylation is 2. The molecule has 0 aromatic carbocycles. The summed E-state index contributed by atoms with van der Waals surface area (Å²) in [7, 11) is 0. The highest BCUT2D eigenvalue weighted by Crippen LogP contribution is 2.28. The Bertz CT molecular complexity index is 748. The van der Waals surface area contributed by atoms with E-state index >= 15 is 0 Å². The SMILES string of the molecule is Cc1cncc(C(=O)N2CCCC(c3nc(C)ncc3CO)C2)c1. The molecule has 6 nitrogen and oxygen atoms in total. The average molecular weight is 326 g/mol. The van der Waals surface area contributed by atoms with Crippen molar-refractivity contribution in [3.05, 3.63) is 52.9 Å². The largest absolute Gasteiger partial charge is 0.392 e. The van der Waals surface area contributed by atoms with Gasteiger partial charge in [-0.2, -0.15) is 0 Å². The van der Waals surface area contributed by atoms with Crippen LogP contribution in [-0.4, -0.2) is 44.0 Å². The molecule has 2 aromatic heterocycles. The van der Waals surface area contributed by atoms with Crippen molar-refractivity contribution in [2.45, 2.75) is 39.2 Å². The second kappa shape index (κ2) is 7.05. The van der Waals surface area contributed by atoms with E-state index in [1.807, 2.05) is 24.8 Å². The number of amides is 1. The smallest absolute Gasteiger partial charge is 0.255 e. The summed E-state index contributed by atoms with van der Waals surface area (Å²) in [5.74, 6) is 0.824. The zero-order chi connectivity index (χ0) is 17.1. The number of piperidine rings is 1. The number of hydrogen-bond donors (Lipinski definition) is 1. The summed E-state index contributed by atoms with van der Waals surface area (Å²) < 4.78 is 0. The third-order valence-corrected chi connectivity index (χ3v) is 4.41. The number of likely N-dealkylation sites (tertiary alicyclic amines) is 1. The molecule has 0 radical (unpaired) electrons. The molecule has 0 spiro atoms. The minimum absolute atomic E-state index is 0.00669. The van der Waals surface area contributed by atoms with E-state index in [0.29, 0.717) is 17.9 Å². The molecule has 0 saturated carbocycles. The van der Waals surface area contributed by atoms with Crippen LogP contribution in [0.4, 0.5) is 0 Å². The molecule has 2 aromatic rings. The second-order valence-electron chi connectivity index (χ2n) is 6.33. The highest BCUT2D eigenvalue weighted by molar-refractivity contribution is 5.94. The third-order valence-electron chi connectivity index (χ3n) is 4.41. The number of carbonyl (C=O) groups excluding carboxylic acids is 1. The van der Waals surface area contributed by atoms with E-state index in [4.69, 9.17) is 0 Å². The van der Waals surface area contributed by atoms with Crippen molar-refractivity contribution in [2.24, 2.45) is 0 Å². The molecule has 1 atom stereocenters. The lowest BCUT2D eigenvalue weighted by Crippen LogP contribution is -2.39. The van der Waals surface area contributed by atoms with Crippen LogP contribution in [0.5, 0.6) is 0 Å². The van der Waals surface area contributed by atoms with Gasteiger partial charge < -0.3 is 10.0 Å². The summed E-state index contributed by atoms with van der Waals surface area (Å²) in [5.41, 5.74) is 3.21. The standard InChI is InChI=1S/C18H22N4O2/c1-12-6-15(8-19-7-12)18(24)22-5-3-4-14(10-22)17-16(11-23)9-20-13(2)21-17/h6-9,14,23H,3-5,10-11H2,1-2H3. The van der Waals surface area contributed by atoms with Gasteiger partial charge in [0.2, 0.25) is 0 Å². The summed E-state index contributed by atoms with van der Waals surface area (Å²) in [6, 6.07) is 1.87. The number of hydrogen-bond acceptors (Lipinski definition) is 5. The van der Waals surface area contributed by atoms with Crippen molar-refractivity contribution in [3.8, 4) is 0 Å². The maximum Gasteiger partial charge on any atom is 0.255 e. The minimum Gasteiger partial charge on any atom is -0.392 e. The minimum atomic E-state index is -0.0815. The van der Waals surface area contributed by atoms with Gasteiger partial charge in [0.1, 0.15) is 5.82 Å². The van der Waals surface area contributed by atoms with Crippen molar-refractivity contribution >= 4 is 5.91 Å². The lowest BCUT2D eigenvalue weighted by molar-refractivity contribution is 0.0704. The van der Waals surface area contributed by atoms with Crippen LogP contribution < -0.4 is 0 Å². The average Bonchev–Trinajstić information content (AvgIpc) is 2.61. The fourth-order valence-electron chi connectivity index (χ4n) is 3.23. The Kier molecular flexibility index (Phi) is 4.85. The van der Waals surface area contributed by atoms with E-state index in [0.717, 1.165) is 36.2 Å². The van der Waals surface area contributed by atoms with Crippen LogP contribution >= 0.6 is 0 Å². The van der Waals surface area contributed by atoms with Gasteiger partial charge in [0.25, 0.3) is 5.91 Å². The first kappa shape index (κ1) is 16.5. The van der Waals surface area contributed by atoms with E-state index in [2.05, 4.69) is 15.0 Å². The lowest BCUT2D eigenvalue weighted by atomic mass is 9.91. The molecular weight excluding hydrogens is 304 g/mol. The molecule has 1 aliphatic rings. The number of aromatic nitrogens is 3. The highest BCUT2D eigenvalue weighted by Gasteiger charge is 2.28. The van der Waals surface area contributed by atoms with Crippen LogP contribution in [0.2, 0.25) is 0 Å². The van der Waals surface area contributed by atoms with Crippen LogP contribution in [0, 0.1) is 13.8 Å². The highest BCUT2D eigenvalue weighted by atomic mass is 16.3. The normalized spacial score (nSPS) is 17.8. The first-order valence-electron chi connectivity index (χ1n) is 8.22. The van der Waals surface area contributed by atoms with Crippen molar-refractivity contribution < 1.29 is 9.90 Å². The number of nitrogens with zero attached hydrogens (tertiary/aromatic N) is 4. The predicted octanol–water partition coefficient (Wildman–Crippen LogP) is 2.00. The molecular formula is C18H22N4O2. The molecule has 0 bridgehead atoms. The maximum absolute atomic E-state index is 12.8. The van der Waals surface area contributed by atoms with Gasteiger partial charge in [0.15, 0.2) is 0 Å². The van der Waals surface area contributed by atoms with Gasteiger partial charge in [-0.3, -0.25) is 9.78 Å². The molecule has 1 N–H and O–H groups in total. The fourth-order valence-corrected chi connectivity index (χ4v) is 3.23.